The largest absolute Gasteiger partial charge is 0.308 e. The Balaban J connectivity index is 2.49. The summed E-state index contributed by atoms with van der Waals surface area (Å²) in [4.78, 5) is 5.52. The number of rotatable bonds is 5. The monoisotopic (exact) mass is 216 g/mol. The second kappa shape index (κ2) is 5.57. The van der Waals surface area contributed by atoms with Gasteiger partial charge in [-0.25, -0.2) is 19.6 Å². The summed E-state index contributed by atoms with van der Waals surface area (Å²) in [6.07, 6.45) is -0.704. The molecule has 6 heteroatoms. The van der Waals surface area contributed by atoms with E-state index >= 15 is 0 Å². The summed E-state index contributed by atoms with van der Waals surface area (Å²) in [6.45, 7) is 0.207. The van der Waals surface area contributed by atoms with Gasteiger partial charge in [0.05, 0.1) is 6.54 Å². The lowest BCUT2D eigenvalue weighted by Gasteiger charge is -2.15. The molecule has 0 amide bonds. The van der Waals surface area contributed by atoms with Crippen LogP contribution < -0.4 is 11.3 Å². The SMILES string of the molecule is CN(Cc1ccc(NN)nc1)CC(F)F. The summed E-state index contributed by atoms with van der Waals surface area (Å²) in [5, 5.41) is 0. The lowest BCUT2D eigenvalue weighted by Crippen LogP contribution is -2.24. The molecule has 0 aliphatic heterocycles. The molecule has 0 atom stereocenters. The standard InChI is InChI=1S/C9H14F2N4/c1-15(6-8(10)11)5-7-2-3-9(14-12)13-4-7/h2-4,8H,5-6,12H2,1H3,(H,13,14). The van der Waals surface area contributed by atoms with E-state index in [1.165, 1.54) is 4.90 Å². The molecular formula is C9H14F2N4. The Kier molecular flexibility index (Phi) is 4.38. The first-order chi connectivity index (χ1) is 7.11. The second-order valence-corrected chi connectivity index (χ2v) is 3.28. The van der Waals surface area contributed by atoms with E-state index in [0.717, 1.165) is 5.56 Å². The van der Waals surface area contributed by atoms with Gasteiger partial charge in [-0.05, 0) is 18.7 Å². The van der Waals surface area contributed by atoms with E-state index in [9.17, 15) is 8.78 Å². The number of alkyl halides is 2. The molecule has 84 valence electrons. The molecule has 0 aliphatic rings. The fraction of sp³-hybridized carbons (Fsp3) is 0.444. The zero-order valence-corrected chi connectivity index (χ0v) is 8.45. The Morgan fingerprint density at radius 3 is 2.73 bits per heavy atom. The van der Waals surface area contributed by atoms with Crippen molar-refractivity contribution in [2.45, 2.75) is 13.0 Å². The number of nitrogens with one attached hydrogen (secondary N) is 1. The van der Waals surface area contributed by atoms with Gasteiger partial charge in [0.25, 0.3) is 6.43 Å². The van der Waals surface area contributed by atoms with Crippen molar-refractivity contribution in [2.24, 2.45) is 5.84 Å². The number of hydrogen-bond donors (Lipinski definition) is 2. The summed E-state index contributed by atoms with van der Waals surface area (Å²) in [7, 11) is 1.64. The molecule has 0 spiro atoms. The van der Waals surface area contributed by atoms with Gasteiger partial charge in [0, 0.05) is 12.7 Å². The molecule has 1 rings (SSSR count). The number of nitrogens with two attached hydrogens (primary N) is 1. The highest BCUT2D eigenvalue weighted by molar-refractivity contribution is 5.33. The van der Waals surface area contributed by atoms with Gasteiger partial charge in [-0.15, -0.1) is 0 Å². The van der Waals surface area contributed by atoms with Crippen molar-refractivity contribution < 1.29 is 8.78 Å². The van der Waals surface area contributed by atoms with E-state index in [0.29, 0.717) is 12.4 Å². The van der Waals surface area contributed by atoms with Crippen molar-refractivity contribution in [1.29, 1.82) is 0 Å². The van der Waals surface area contributed by atoms with E-state index in [1.54, 1.807) is 25.4 Å². The molecule has 0 aliphatic carbocycles. The van der Waals surface area contributed by atoms with Crippen LogP contribution in [-0.4, -0.2) is 29.9 Å². The Labute approximate surface area is 87.1 Å². The van der Waals surface area contributed by atoms with E-state index in [1.807, 2.05) is 0 Å². The van der Waals surface area contributed by atoms with Gasteiger partial charge in [-0.1, -0.05) is 6.07 Å². The average molecular weight is 216 g/mol. The van der Waals surface area contributed by atoms with Gasteiger partial charge in [0.15, 0.2) is 0 Å². The van der Waals surface area contributed by atoms with Gasteiger partial charge >= 0.3 is 0 Å². The van der Waals surface area contributed by atoms with Gasteiger partial charge in [0.2, 0.25) is 0 Å². The minimum Gasteiger partial charge on any atom is -0.308 e. The molecule has 4 nitrogen and oxygen atoms in total. The number of nitrogen functional groups attached to an aromatic ring is 1. The van der Waals surface area contributed by atoms with Crippen molar-refractivity contribution in [3.05, 3.63) is 23.9 Å². The molecule has 0 fully saturated rings. The maximum Gasteiger partial charge on any atom is 0.251 e. The number of nitrogens with zero attached hydrogens (tertiary/aromatic N) is 2. The topological polar surface area (TPSA) is 54.2 Å². The maximum atomic E-state index is 12.0. The third-order valence-corrected chi connectivity index (χ3v) is 1.87. The predicted molar refractivity (Wildman–Crippen MR) is 54.4 cm³/mol. The fourth-order valence-electron chi connectivity index (χ4n) is 1.22. The van der Waals surface area contributed by atoms with Crippen LogP contribution in [0.3, 0.4) is 0 Å². The summed E-state index contributed by atoms with van der Waals surface area (Å²) in [5.41, 5.74) is 3.27. The third kappa shape index (κ3) is 4.18. The molecule has 0 saturated heterocycles. The Morgan fingerprint density at radius 1 is 1.53 bits per heavy atom. The van der Waals surface area contributed by atoms with Crippen molar-refractivity contribution in [3.8, 4) is 0 Å². The lowest BCUT2D eigenvalue weighted by molar-refractivity contribution is 0.0975. The van der Waals surface area contributed by atoms with E-state index in [4.69, 9.17) is 5.84 Å². The Morgan fingerprint density at radius 2 is 2.27 bits per heavy atom. The molecule has 0 unspecified atom stereocenters. The minimum absolute atomic E-state index is 0.239. The van der Waals surface area contributed by atoms with Gasteiger partial charge < -0.3 is 5.43 Å². The number of pyridine rings is 1. The normalized spacial score (nSPS) is 11.1. The molecule has 1 heterocycles. The maximum absolute atomic E-state index is 12.0. The van der Waals surface area contributed by atoms with Crippen molar-refractivity contribution in [3.63, 3.8) is 0 Å². The molecule has 0 saturated carbocycles. The van der Waals surface area contributed by atoms with Crippen LogP contribution in [0.4, 0.5) is 14.6 Å². The molecular weight excluding hydrogens is 202 g/mol. The van der Waals surface area contributed by atoms with E-state index in [2.05, 4.69) is 10.4 Å². The highest BCUT2D eigenvalue weighted by atomic mass is 19.3. The average Bonchev–Trinajstić information content (AvgIpc) is 2.17. The highest BCUT2D eigenvalue weighted by Gasteiger charge is 2.07. The molecule has 3 N–H and O–H groups in total. The van der Waals surface area contributed by atoms with Gasteiger partial charge in [0.1, 0.15) is 5.82 Å². The Hall–Kier alpha value is -1.27. The highest BCUT2D eigenvalue weighted by Crippen LogP contribution is 2.07. The quantitative estimate of drug-likeness (QED) is 0.571. The molecule has 15 heavy (non-hydrogen) atoms. The van der Waals surface area contributed by atoms with E-state index < -0.39 is 6.43 Å². The van der Waals surface area contributed by atoms with Crippen LogP contribution in [0.1, 0.15) is 5.56 Å². The first-order valence-electron chi connectivity index (χ1n) is 4.50. The smallest absolute Gasteiger partial charge is 0.251 e. The first-order valence-corrected chi connectivity index (χ1v) is 4.50. The molecule has 0 aromatic carbocycles. The van der Waals surface area contributed by atoms with Crippen LogP contribution in [0.5, 0.6) is 0 Å². The minimum atomic E-state index is -2.31. The predicted octanol–water partition coefficient (Wildman–Crippen LogP) is 1.06. The summed E-state index contributed by atoms with van der Waals surface area (Å²) in [6, 6.07) is 3.50. The van der Waals surface area contributed by atoms with Crippen molar-refractivity contribution in [2.75, 3.05) is 19.0 Å². The Bertz CT molecular complexity index is 289. The molecule has 1 aromatic rings. The zero-order valence-electron chi connectivity index (χ0n) is 8.45. The summed E-state index contributed by atoms with van der Waals surface area (Å²) in [5.74, 6) is 5.70. The van der Waals surface area contributed by atoms with Gasteiger partial charge in [-0.3, -0.25) is 4.90 Å². The molecule has 0 bridgehead atoms. The van der Waals surface area contributed by atoms with Crippen LogP contribution in [0.2, 0.25) is 0 Å². The summed E-state index contributed by atoms with van der Waals surface area (Å²) >= 11 is 0. The third-order valence-electron chi connectivity index (χ3n) is 1.87. The number of hydrogen-bond acceptors (Lipinski definition) is 4. The van der Waals surface area contributed by atoms with Crippen molar-refractivity contribution >= 4 is 5.82 Å². The number of aromatic nitrogens is 1. The molecule has 0 radical (unpaired) electrons. The van der Waals surface area contributed by atoms with Crippen molar-refractivity contribution in [1.82, 2.24) is 9.88 Å². The van der Waals surface area contributed by atoms with Crippen LogP contribution in [-0.2, 0) is 6.54 Å². The van der Waals surface area contributed by atoms with Crippen LogP contribution >= 0.6 is 0 Å². The van der Waals surface area contributed by atoms with E-state index in [-0.39, 0.29) is 6.54 Å². The number of hydrazine groups is 1. The lowest BCUT2D eigenvalue weighted by atomic mass is 10.2. The van der Waals surface area contributed by atoms with Crippen LogP contribution in [0, 0.1) is 0 Å². The van der Waals surface area contributed by atoms with Crippen LogP contribution in [0.15, 0.2) is 18.3 Å². The summed E-state index contributed by atoms with van der Waals surface area (Å²) < 4.78 is 24.0. The number of halogens is 2. The van der Waals surface area contributed by atoms with Gasteiger partial charge in [-0.2, -0.15) is 0 Å². The zero-order chi connectivity index (χ0) is 11.3. The fourth-order valence-corrected chi connectivity index (χ4v) is 1.22. The number of anilines is 1. The molecule has 1 aromatic heterocycles. The van der Waals surface area contributed by atoms with Crippen LogP contribution in [0.25, 0.3) is 0 Å². The second-order valence-electron chi connectivity index (χ2n) is 3.28. The first kappa shape index (κ1) is 11.8.